The van der Waals surface area contributed by atoms with Gasteiger partial charge < -0.3 is 5.73 Å². The summed E-state index contributed by atoms with van der Waals surface area (Å²) in [5.41, 5.74) is 9.93. The van der Waals surface area contributed by atoms with Crippen molar-refractivity contribution in [2.24, 2.45) is 11.1 Å². The number of hydrogen-bond donors (Lipinski definition) is 1. The fourth-order valence-corrected chi connectivity index (χ4v) is 2.62. The van der Waals surface area contributed by atoms with Gasteiger partial charge in [-0.15, -0.1) is 0 Å². The van der Waals surface area contributed by atoms with Gasteiger partial charge in [-0.3, -0.25) is 4.79 Å². The van der Waals surface area contributed by atoms with Gasteiger partial charge in [0.1, 0.15) is 0 Å². The van der Waals surface area contributed by atoms with Crippen LogP contribution >= 0.6 is 0 Å². The average Bonchev–Trinajstić information content (AvgIpc) is 2.22. The van der Waals surface area contributed by atoms with Crippen LogP contribution in [0.3, 0.4) is 0 Å². The van der Waals surface area contributed by atoms with E-state index in [9.17, 15) is 4.79 Å². The Morgan fingerprint density at radius 3 is 2.24 bits per heavy atom. The lowest BCUT2D eigenvalue weighted by Crippen LogP contribution is -2.44. The molecule has 0 radical (unpaired) electrons. The summed E-state index contributed by atoms with van der Waals surface area (Å²) in [5.74, 6) is 0.256. The molecule has 0 aliphatic heterocycles. The van der Waals surface area contributed by atoms with Crippen molar-refractivity contribution in [2.75, 3.05) is 6.54 Å². The lowest BCUT2D eigenvalue weighted by atomic mass is 9.64. The molecular formula is C15H21NO. The molecular weight excluding hydrogens is 210 g/mol. The Kier molecular flexibility index (Phi) is 3.09. The van der Waals surface area contributed by atoms with Crippen molar-refractivity contribution in [2.45, 2.75) is 40.0 Å². The van der Waals surface area contributed by atoms with Crippen molar-refractivity contribution >= 4 is 5.78 Å². The normalized spacial score (nSPS) is 17.6. The van der Waals surface area contributed by atoms with Gasteiger partial charge in [0.15, 0.2) is 5.78 Å². The lowest BCUT2D eigenvalue weighted by Gasteiger charge is -2.39. The second-order valence-corrected chi connectivity index (χ2v) is 5.42. The monoisotopic (exact) mass is 231 g/mol. The smallest absolute Gasteiger partial charge is 0.170 e. The third-order valence-corrected chi connectivity index (χ3v) is 4.27. The van der Waals surface area contributed by atoms with E-state index in [0.29, 0.717) is 6.54 Å². The highest BCUT2D eigenvalue weighted by atomic mass is 16.1. The topological polar surface area (TPSA) is 43.1 Å². The van der Waals surface area contributed by atoms with Crippen LogP contribution in [-0.2, 0) is 0 Å². The number of rotatable bonds is 3. The number of carbonyl (C=O) groups is 1. The van der Waals surface area contributed by atoms with Crippen LogP contribution in [-0.4, -0.2) is 12.3 Å². The van der Waals surface area contributed by atoms with E-state index in [-0.39, 0.29) is 11.2 Å². The second-order valence-electron chi connectivity index (χ2n) is 5.42. The van der Waals surface area contributed by atoms with Crippen LogP contribution in [0.15, 0.2) is 12.1 Å². The molecule has 0 amide bonds. The highest BCUT2D eigenvalue weighted by molar-refractivity contribution is 6.02. The maximum Gasteiger partial charge on any atom is 0.170 e. The number of Topliss-reactive ketones (excluding diaryl/α,β-unsaturated/α-hetero) is 1. The SMILES string of the molecule is Cc1cc(C)c(C(=O)C2(CN)CCC2)cc1C. The van der Waals surface area contributed by atoms with Crippen molar-refractivity contribution in [3.63, 3.8) is 0 Å². The number of benzene rings is 1. The lowest BCUT2D eigenvalue weighted by molar-refractivity contribution is 0.0635. The van der Waals surface area contributed by atoms with Crippen molar-refractivity contribution in [1.82, 2.24) is 0 Å². The predicted octanol–water partition coefficient (Wildman–Crippen LogP) is 2.92. The Bertz CT molecular complexity index is 453. The molecule has 0 aromatic heterocycles. The van der Waals surface area contributed by atoms with Crippen LogP contribution in [0.2, 0.25) is 0 Å². The van der Waals surface area contributed by atoms with Gasteiger partial charge in [-0.2, -0.15) is 0 Å². The molecule has 0 bridgehead atoms. The standard InChI is InChI=1S/C15H21NO/c1-10-7-12(3)13(8-11(10)2)14(17)15(9-16)5-4-6-15/h7-8H,4-6,9,16H2,1-3H3. The molecule has 0 atom stereocenters. The highest BCUT2D eigenvalue weighted by Gasteiger charge is 2.43. The Morgan fingerprint density at radius 2 is 1.76 bits per heavy atom. The molecule has 0 spiro atoms. The first kappa shape index (κ1) is 12.3. The quantitative estimate of drug-likeness (QED) is 0.813. The van der Waals surface area contributed by atoms with Gasteiger partial charge in [0.2, 0.25) is 0 Å². The zero-order chi connectivity index (χ0) is 12.6. The van der Waals surface area contributed by atoms with Crippen LogP contribution < -0.4 is 5.73 Å². The second kappa shape index (κ2) is 4.26. The average molecular weight is 231 g/mol. The molecule has 1 aliphatic rings. The molecule has 2 rings (SSSR count). The van der Waals surface area contributed by atoms with E-state index in [1.54, 1.807) is 0 Å². The van der Waals surface area contributed by atoms with E-state index < -0.39 is 0 Å². The van der Waals surface area contributed by atoms with E-state index in [4.69, 9.17) is 5.73 Å². The fraction of sp³-hybridized carbons (Fsp3) is 0.533. The summed E-state index contributed by atoms with van der Waals surface area (Å²) in [6, 6.07) is 4.13. The molecule has 2 nitrogen and oxygen atoms in total. The van der Waals surface area contributed by atoms with Gasteiger partial charge in [0.05, 0.1) is 0 Å². The number of ketones is 1. The summed E-state index contributed by atoms with van der Waals surface area (Å²) in [4.78, 5) is 12.6. The molecule has 1 aliphatic carbocycles. The van der Waals surface area contributed by atoms with Gasteiger partial charge in [0, 0.05) is 17.5 Å². The first-order valence-electron chi connectivity index (χ1n) is 6.33. The minimum Gasteiger partial charge on any atom is -0.329 e. The van der Waals surface area contributed by atoms with E-state index in [0.717, 1.165) is 30.4 Å². The minimum atomic E-state index is -0.257. The molecule has 0 unspecified atom stereocenters. The highest BCUT2D eigenvalue weighted by Crippen LogP contribution is 2.43. The number of nitrogens with two attached hydrogens (primary N) is 1. The molecule has 0 saturated heterocycles. The van der Waals surface area contributed by atoms with Gasteiger partial charge in [-0.05, 0) is 56.4 Å². The van der Waals surface area contributed by atoms with Gasteiger partial charge in [0.25, 0.3) is 0 Å². The van der Waals surface area contributed by atoms with E-state index in [1.807, 2.05) is 13.0 Å². The van der Waals surface area contributed by atoms with Crippen LogP contribution in [0.5, 0.6) is 0 Å². The zero-order valence-corrected chi connectivity index (χ0v) is 11.0. The van der Waals surface area contributed by atoms with Crippen LogP contribution in [0.25, 0.3) is 0 Å². The van der Waals surface area contributed by atoms with Gasteiger partial charge in [-0.1, -0.05) is 12.5 Å². The fourth-order valence-electron chi connectivity index (χ4n) is 2.62. The summed E-state index contributed by atoms with van der Waals surface area (Å²) in [7, 11) is 0. The summed E-state index contributed by atoms with van der Waals surface area (Å²) >= 11 is 0. The zero-order valence-electron chi connectivity index (χ0n) is 11.0. The van der Waals surface area contributed by atoms with Crippen LogP contribution in [0.1, 0.15) is 46.3 Å². The van der Waals surface area contributed by atoms with Crippen LogP contribution in [0.4, 0.5) is 0 Å². The molecule has 1 fully saturated rings. The van der Waals surface area contributed by atoms with Crippen molar-refractivity contribution in [1.29, 1.82) is 0 Å². The molecule has 2 N–H and O–H groups in total. The van der Waals surface area contributed by atoms with Crippen molar-refractivity contribution < 1.29 is 4.79 Å². The minimum absolute atomic E-state index is 0.256. The van der Waals surface area contributed by atoms with Crippen molar-refractivity contribution in [3.8, 4) is 0 Å². The van der Waals surface area contributed by atoms with E-state index >= 15 is 0 Å². The Hall–Kier alpha value is -1.15. The molecule has 92 valence electrons. The molecule has 1 saturated carbocycles. The predicted molar refractivity (Wildman–Crippen MR) is 70.3 cm³/mol. The first-order valence-corrected chi connectivity index (χ1v) is 6.33. The maximum atomic E-state index is 12.6. The number of carbonyl (C=O) groups excluding carboxylic acids is 1. The summed E-state index contributed by atoms with van der Waals surface area (Å²) in [5, 5.41) is 0. The van der Waals surface area contributed by atoms with E-state index in [1.165, 1.54) is 11.1 Å². The Morgan fingerprint density at radius 1 is 1.18 bits per heavy atom. The molecule has 1 aromatic rings. The molecule has 1 aromatic carbocycles. The van der Waals surface area contributed by atoms with Crippen LogP contribution in [0, 0.1) is 26.2 Å². The third-order valence-electron chi connectivity index (χ3n) is 4.27. The summed E-state index contributed by atoms with van der Waals surface area (Å²) < 4.78 is 0. The maximum absolute atomic E-state index is 12.6. The summed E-state index contributed by atoms with van der Waals surface area (Å²) in [6.45, 7) is 6.64. The number of hydrogen-bond acceptors (Lipinski definition) is 2. The Labute approximate surface area is 103 Å². The van der Waals surface area contributed by atoms with Crippen molar-refractivity contribution in [3.05, 3.63) is 34.4 Å². The molecule has 2 heteroatoms. The van der Waals surface area contributed by atoms with Gasteiger partial charge in [-0.25, -0.2) is 0 Å². The number of aryl methyl sites for hydroxylation is 3. The first-order chi connectivity index (χ1) is 8.00. The largest absolute Gasteiger partial charge is 0.329 e. The van der Waals surface area contributed by atoms with Gasteiger partial charge >= 0.3 is 0 Å². The van der Waals surface area contributed by atoms with E-state index in [2.05, 4.69) is 19.9 Å². The summed E-state index contributed by atoms with van der Waals surface area (Å²) in [6.07, 6.45) is 3.04. The Balaban J connectivity index is 2.40. The third kappa shape index (κ3) is 1.91. The molecule has 0 heterocycles. The molecule has 17 heavy (non-hydrogen) atoms.